The first-order chi connectivity index (χ1) is 11.3. The number of ether oxygens (including phenoxy) is 1. The minimum Gasteiger partial charge on any atom is -0.457 e. The Morgan fingerprint density at radius 1 is 0.957 bits per heavy atom. The molecule has 2 unspecified atom stereocenters. The lowest BCUT2D eigenvalue weighted by atomic mass is 9.93. The van der Waals surface area contributed by atoms with E-state index in [2.05, 4.69) is 20.5 Å². The monoisotopic (exact) mass is 305 g/mol. The number of nitrogens with zero attached hydrogens (tertiary/aromatic N) is 3. The van der Waals surface area contributed by atoms with Gasteiger partial charge in [-0.05, 0) is 42.0 Å². The number of para-hydroxylation sites is 1. The molecule has 0 aromatic heterocycles. The highest BCUT2D eigenvalue weighted by atomic mass is 16.5. The Bertz CT molecular complexity index is 795. The Labute approximate surface area is 133 Å². The first kappa shape index (κ1) is 13.7. The van der Waals surface area contributed by atoms with Crippen molar-refractivity contribution in [3.05, 3.63) is 60.2 Å². The molecule has 0 saturated heterocycles. The van der Waals surface area contributed by atoms with Crippen LogP contribution in [0.1, 0.15) is 5.56 Å². The Kier molecular flexibility index (Phi) is 3.36. The van der Waals surface area contributed by atoms with E-state index in [1.54, 1.807) is 0 Å². The molecular formula is C17H15N5O. The molecule has 2 heterocycles. The maximum absolute atomic E-state index is 6.06. The molecule has 0 bridgehead atoms. The molecule has 114 valence electrons. The van der Waals surface area contributed by atoms with Crippen LogP contribution in [0.2, 0.25) is 0 Å². The highest BCUT2D eigenvalue weighted by Gasteiger charge is 2.35. The molecule has 23 heavy (non-hydrogen) atoms. The normalized spacial score (nSPS) is 22.0. The minimum absolute atomic E-state index is 0.124. The van der Waals surface area contributed by atoms with Crippen LogP contribution in [0.4, 0.5) is 0 Å². The smallest absolute Gasteiger partial charge is 0.136 e. The molecule has 4 rings (SSSR count). The first-order valence-corrected chi connectivity index (χ1v) is 7.33. The summed E-state index contributed by atoms with van der Waals surface area (Å²) in [4.78, 5) is 8.33. The molecule has 2 aliphatic rings. The summed E-state index contributed by atoms with van der Waals surface area (Å²) in [5.41, 5.74) is 10.8. The average molecular weight is 305 g/mol. The molecule has 6 nitrogen and oxygen atoms in total. The predicted octanol–water partition coefficient (Wildman–Crippen LogP) is 2.13. The Balaban J connectivity index is 1.55. The zero-order valence-corrected chi connectivity index (χ0v) is 12.3. The van der Waals surface area contributed by atoms with Crippen LogP contribution in [0.25, 0.3) is 0 Å². The van der Waals surface area contributed by atoms with Crippen molar-refractivity contribution in [1.82, 2.24) is 5.43 Å². The summed E-state index contributed by atoms with van der Waals surface area (Å²) in [5, 5.41) is 4.35. The molecule has 0 spiro atoms. The second kappa shape index (κ2) is 5.66. The molecule has 0 aliphatic carbocycles. The molecule has 2 aromatic carbocycles. The van der Waals surface area contributed by atoms with Crippen molar-refractivity contribution in [1.29, 1.82) is 0 Å². The van der Waals surface area contributed by atoms with E-state index in [9.17, 15) is 0 Å². The zero-order valence-electron chi connectivity index (χ0n) is 12.3. The van der Waals surface area contributed by atoms with Crippen LogP contribution in [0, 0.1) is 5.92 Å². The highest BCUT2D eigenvalue weighted by Crippen LogP contribution is 2.25. The molecule has 0 fully saturated rings. The lowest BCUT2D eigenvalue weighted by Gasteiger charge is -2.19. The summed E-state index contributed by atoms with van der Waals surface area (Å²) in [6.45, 7) is 0. The summed E-state index contributed by atoms with van der Waals surface area (Å²) in [6.07, 6.45) is 1.11. The third-order valence-electron chi connectivity index (χ3n) is 3.79. The summed E-state index contributed by atoms with van der Waals surface area (Å²) >= 11 is 0. The van der Waals surface area contributed by atoms with Crippen LogP contribution in [0.15, 0.2) is 69.7 Å². The van der Waals surface area contributed by atoms with E-state index in [1.165, 1.54) is 6.34 Å². The second-order valence-electron chi connectivity index (χ2n) is 5.30. The van der Waals surface area contributed by atoms with Gasteiger partial charge in [0.2, 0.25) is 0 Å². The lowest BCUT2D eigenvalue weighted by molar-refractivity contribution is 0.482. The van der Waals surface area contributed by atoms with Gasteiger partial charge in [-0.3, -0.25) is 10.4 Å². The lowest BCUT2D eigenvalue weighted by Crippen LogP contribution is -2.41. The molecule has 3 N–H and O–H groups in total. The maximum atomic E-state index is 6.06. The number of hydrogen-bond acceptors (Lipinski definition) is 6. The SMILES string of the molecule is NC1N=CN=C2NN=C(c3ccc(Oc4ccccc4)cc3)C21. The third-order valence-corrected chi connectivity index (χ3v) is 3.79. The fraction of sp³-hybridized carbons (Fsp3) is 0.118. The van der Waals surface area contributed by atoms with Crippen LogP contribution < -0.4 is 15.9 Å². The number of benzene rings is 2. The average Bonchev–Trinajstić information content (AvgIpc) is 3.02. The summed E-state index contributed by atoms with van der Waals surface area (Å²) in [7, 11) is 0. The van der Waals surface area contributed by atoms with Gasteiger partial charge in [0.15, 0.2) is 0 Å². The molecule has 2 aliphatic heterocycles. The van der Waals surface area contributed by atoms with Crippen molar-refractivity contribution in [3.63, 3.8) is 0 Å². The molecule has 2 aromatic rings. The number of rotatable bonds is 3. The van der Waals surface area contributed by atoms with Crippen LogP contribution in [-0.4, -0.2) is 24.1 Å². The third kappa shape index (κ3) is 2.60. The van der Waals surface area contributed by atoms with Crippen LogP contribution in [-0.2, 0) is 0 Å². The molecule has 0 amide bonds. The highest BCUT2D eigenvalue weighted by molar-refractivity contribution is 6.19. The summed E-state index contributed by atoms with van der Waals surface area (Å²) in [6, 6.07) is 17.4. The van der Waals surface area contributed by atoms with Gasteiger partial charge in [0.25, 0.3) is 0 Å². The van der Waals surface area contributed by atoms with Gasteiger partial charge < -0.3 is 10.5 Å². The van der Waals surface area contributed by atoms with Crippen LogP contribution in [0.3, 0.4) is 0 Å². The summed E-state index contributed by atoms with van der Waals surface area (Å²) in [5.74, 6) is 2.19. The van der Waals surface area contributed by atoms with Crippen molar-refractivity contribution in [3.8, 4) is 11.5 Å². The number of amidine groups is 1. The van der Waals surface area contributed by atoms with Crippen molar-refractivity contribution in [2.75, 3.05) is 0 Å². The number of nitrogens with one attached hydrogen (secondary N) is 1. The number of hydrogen-bond donors (Lipinski definition) is 2. The number of aliphatic imine (C=N–C) groups is 2. The van der Waals surface area contributed by atoms with E-state index < -0.39 is 0 Å². The van der Waals surface area contributed by atoms with E-state index in [1.807, 2.05) is 54.6 Å². The predicted molar refractivity (Wildman–Crippen MR) is 90.0 cm³/mol. The number of nitrogens with two attached hydrogens (primary N) is 1. The van der Waals surface area contributed by atoms with E-state index in [0.717, 1.165) is 28.6 Å². The Hall–Kier alpha value is -2.99. The van der Waals surface area contributed by atoms with E-state index in [0.29, 0.717) is 0 Å². The number of fused-ring (bicyclic) bond motifs is 1. The topological polar surface area (TPSA) is 84.4 Å². The zero-order chi connectivity index (χ0) is 15.6. The van der Waals surface area contributed by atoms with Gasteiger partial charge in [-0.2, -0.15) is 5.10 Å². The van der Waals surface area contributed by atoms with Crippen LogP contribution in [0.5, 0.6) is 11.5 Å². The Morgan fingerprint density at radius 3 is 2.48 bits per heavy atom. The van der Waals surface area contributed by atoms with Gasteiger partial charge in [-0.25, -0.2) is 4.99 Å². The van der Waals surface area contributed by atoms with Gasteiger partial charge in [0.05, 0.1) is 11.6 Å². The van der Waals surface area contributed by atoms with E-state index in [-0.39, 0.29) is 12.1 Å². The Morgan fingerprint density at radius 2 is 1.70 bits per heavy atom. The van der Waals surface area contributed by atoms with Gasteiger partial charge in [-0.15, -0.1) is 0 Å². The van der Waals surface area contributed by atoms with Crippen LogP contribution >= 0.6 is 0 Å². The molecule has 0 saturated carbocycles. The van der Waals surface area contributed by atoms with Crippen molar-refractivity contribution in [2.45, 2.75) is 6.17 Å². The molecule has 0 radical (unpaired) electrons. The number of hydrazone groups is 1. The summed E-state index contributed by atoms with van der Waals surface area (Å²) < 4.78 is 5.80. The van der Waals surface area contributed by atoms with E-state index in [4.69, 9.17) is 10.5 Å². The van der Waals surface area contributed by atoms with E-state index >= 15 is 0 Å². The quantitative estimate of drug-likeness (QED) is 0.911. The van der Waals surface area contributed by atoms with Gasteiger partial charge in [-0.1, -0.05) is 18.2 Å². The van der Waals surface area contributed by atoms with Crippen molar-refractivity contribution in [2.24, 2.45) is 26.7 Å². The molecule has 6 heteroatoms. The minimum atomic E-state index is -0.364. The standard InChI is InChI=1S/C17H15N5O/c18-16-14-15(21-22-17(14)20-10-19-16)11-6-8-13(9-7-11)23-12-4-2-1-3-5-12/h1-10,14,16H,18H2,(H,19,20,22). The fourth-order valence-electron chi connectivity index (χ4n) is 2.64. The molecule has 2 atom stereocenters. The van der Waals surface area contributed by atoms with Gasteiger partial charge >= 0.3 is 0 Å². The van der Waals surface area contributed by atoms with Crippen molar-refractivity contribution >= 4 is 17.9 Å². The van der Waals surface area contributed by atoms with Crippen molar-refractivity contribution < 1.29 is 4.74 Å². The first-order valence-electron chi connectivity index (χ1n) is 7.33. The molecular weight excluding hydrogens is 290 g/mol. The maximum Gasteiger partial charge on any atom is 0.136 e. The fourth-order valence-corrected chi connectivity index (χ4v) is 2.64. The second-order valence-corrected chi connectivity index (χ2v) is 5.30. The van der Waals surface area contributed by atoms with Gasteiger partial charge in [0.1, 0.15) is 29.8 Å². The largest absolute Gasteiger partial charge is 0.457 e. The van der Waals surface area contributed by atoms with Gasteiger partial charge in [0, 0.05) is 0 Å².